The quantitative estimate of drug-likeness (QED) is 0.395. The molecular weight excluding hydrogens is 452 g/mol. The van der Waals surface area contributed by atoms with Gasteiger partial charge >= 0.3 is 0 Å². The van der Waals surface area contributed by atoms with E-state index in [1.54, 1.807) is 30.9 Å². The number of nitrogens with zero attached hydrogens (tertiary/aromatic N) is 3. The van der Waals surface area contributed by atoms with Gasteiger partial charge in [0.25, 0.3) is 0 Å². The Labute approximate surface area is 188 Å². The molecule has 3 heterocycles. The lowest BCUT2D eigenvalue weighted by atomic mass is 10.0. The van der Waals surface area contributed by atoms with Gasteiger partial charge in [0.15, 0.2) is 5.82 Å². The van der Waals surface area contributed by atoms with E-state index in [1.807, 2.05) is 13.0 Å². The van der Waals surface area contributed by atoms with Crippen molar-refractivity contribution in [1.29, 1.82) is 0 Å². The highest BCUT2D eigenvalue weighted by atomic mass is 32.2. The molecule has 8 nitrogen and oxygen atoms in total. The van der Waals surface area contributed by atoms with Crippen LogP contribution < -0.4 is 4.72 Å². The van der Waals surface area contributed by atoms with E-state index in [2.05, 4.69) is 19.8 Å². The number of ketones is 1. The fraction of sp³-hybridized carbons (Fsp3) is 0.227. The summed E-state index contributed by atoms with van der Waals surface area (Å²) in [6.45, 7) is 3.50. The smallest absolute Gasteiger partial charge is 0.232 e. The summed E-state index contributed by atoms with van der Waals surface area (Å²) in [5.74, 6) is -3.55. The summed E-state index contributed by atoms with van der Waals surface area (Å²) in [5.41, 5.74) is 1.25. The van der Waals surface area contributed by atoms with Crippen molar-refractivity contribution in [3.63, 3.8) is 0 Å². The normalized spacial score (nSPS) is 11.8. The zero-order chi connectivity index (χ0) is 23.9. The van der Waals surface area contributed by atoms with Crippen molar-refractivity contribution < 1.29 is 22.0 Å². The van der Waals surface area contributed by atoms with Gasteiger partial charge in [0, 0.05) is 36.0 Å². The minimum absolute atomic E-state index is 0.00426. The summed E-state index contributed by atoms with van der Waals surface area (Å²) < 4.78 is 57.5. The summed E-state index contributed by atoms with van der Waals surface area (Å²) in [6.07, 6.45) is 3.24. The number of sulfonamides is 1. The number of carbonyl (C=O) groups is 1. The van der Waals surface area contributed by atoms with E-state index >= 15 is 4.39 Å². The molecule has 3 aromatic heterocycles. The van der Waals surface area contributed by atoms with Crippen LogP contribution in [0.5, 0.6) is 0 Å². The number of aromatic amines is 1. The molecule has 172 valence electrons. The third-order valence-corrected chi connectivity index (χ3v) is 6.61. The van der Waals surface area contributed by atoms with Crippen LogP contribution in [0.25, 0.3) is 22.3 Å². The molecule has 0 amide bonds. The Kier molecular flexibility index (Phi) is 5.75. The number of anilines is 1. The second-order valence-electron chi connectivity index (χ2n) is 7.65. The van der Waals surface area contributed by atoms with E-state index in [0.29, 0.717) is 23.0 Å². The Morgan fingerprint density at radius 1 is 1.24 bits per heavy atom. The fourth-order valence-electron chi connectivity index (χ4n) is 3.67. The Morgan fingerprint density at radius 2 is 2.00 bits per heavy atom. The number of aryl methyl sites for hydroxylation is 2. The molecule has 1 aromatic carbocycles. The molecule has 4 rings (SSSR count). The molecule has 4 aromatic rings. The molecule has 0 unspecified atom stereocenters. The van der Waals surface area contributed by atoms with Crippen LogP contribution in [0.15, 0.2) is 36.7 Å². The summed E-state index contributed by atoms with van der Waals surface area (Å²) in [7, 11) is -2.07. The minimum Gasteiger partial charge on any atom is -0.345 e. The molecule has 0 bridgehead atoms. The topological polar surface area (TPSA) is 110 Å². The van der Waals surface area contributed by atoms with Crippen LogP contribution in [-0.4, -0.2) is 39.7 Å². The van der Waals surface area contributed by atoms with Crippen LogP contribution in [0.2, 0.25) is 0 Å². The Hall–Kier alpha value is -3.60. The molecular formula is C22H21F2N5O3S. The van der Waals surface area contributed by atoms with Gasteiger partial charge in [0.1, 0.15) is 11.5 Å². The van der Waals surface area contributed by atoms with Crippen LogP contribution in [0.4, 0.5) is 14.5 Å². The molecule has 0 saturated carbocycles. The predicted molar refractivity (Wildman–Crippen MR) is 121 cm³/mol. The number of carbonyl (C=O) groups excluding carboxylic acids is 1. The molecule has 0 spiro atoms. The number of rotatable bonds is 7. The Balaban J connectivity index is 1.80. The first-order valence-electron chi connectivity index (χ1n) is 10.1. The molecule has 2 N–H and O–H groups in total. The van der Waals surface area contributed by atoms with Crippen LogP contribution in [-0.2, 0) is 17.1 Å². The monoisotopic (exact) mass is 473 g/mol. The van der Waals surface area contributed by atoms with E-state index in [9.17, 15) is 17.6 Å². The standard InChI is InChI=1S/C22H21F2N5O3S/c1-4-7-33(31,32)28-17-6-5-16(23)19(20(17)24)21(30)15-11-26-22-14(15)9-13(10-25-22)18-8-12(2)27-29(18)3/h5-6,8-11,28H,4,7H2,1-3H3,(H,25,26). The number of pyridine rings is 1. The second kappa shape index (κ2) is 8.39. The zero-order valence-electron chi connectivity index (χ0n) is 18.1. The Morgan fingerprint density at radius 3 is 2.67 bits per heavy atom. The van der Waals surface area contributed by atoms with Gasteiger partial charge < -0.3 is 4.98 Å². The number of hydrogen-bond donors (Lipinski definition) is 2. The van der Waals surface area contributed by atoms with Crippen molar-refractivity contribution in [2.24, 2.45) is 7.05 Å². The average molecular weight is 474 g/mol. The third kappa shape index (κ3) is 4.23. The van der Waals surface area contributed by atoms with Crippen molar-refractivity contribution in [3.8, 4) is 11.3 Å². The maximum Gasteiger partial charge on any atom is 0.232 e. The van der Waals surface area contributed by atoms with Gasteiger partial charge in [-0.2, -0.15) is 5.10 Å². The summed E-state index contributed by atoms with van der Waals surface area (Å²) >= 11 is 0. The lowest BCUT2D eigenvalue weighted by molar-refractivity contribution is 0.103. The number of aromatic nitrogens is 4. The van der Waals surface area contributed by atoms with Gasteiger partial charge in [-0.15, -0.1) is 0 Å². The van der Waals surface area contributed by atoms with Gasteiger partial charge in [-0.05, 0) is 37.6 Å². The highest BCUT2D eigenvalue weighted by Gasteiger charge is 2.26. The number of halogens is 2. The average Bonchev–Trinajstić information content (AvgIpc) is 3.31. The first-order valence-corrected chi connectivity index (χ1v) is 11.8. The first kappa shape index (κ1) is 22.6. The van der Waals surface area contributed by atoms with Crippen LogP contribution >= 0.6 is 0 Å². The number of nitrogens with one attached hydrogen (secondary N) is 2. The van der Waals surface area contributed by atoms with Crippen molar-refractivity contribution in [3.05, 3.63) is 65.1 Å². The molecule has 0 saturated heterocycles. The highest BCUT2D eigenvalue weighted by molar-refractivity contribution is 7.92. The molecule has 0 aliphatic heterocycles. The van der Waals surface area contributed by atoms with Gasteiger partial charge in [-0.3, -0.25) is 14.2 Å². The molecule has 0 aliphatic carbocycles. The van der Waals surface area contributed by atoms with Crippen molar-refractivity contribution in [2.75, 3.05) is 10.5 Å². The second-order valence-corrected chi connectivity index (χ2v) is 9.49. The van der Waals surface area contributed by atoms with Gasteiger partial charge in [-0.1, -0.05) is 6.92 Å². The highest BCUT2D eigenvalue weighted by Crippen LogP contribution is 2.29. The number of hydrogen-bond acceptors (Lipinski definition) is 5. The first-order chi connectivity index (χ1) is 15.6. The fourth-order valence-corrected chi connectivity index (χ4v) is 4.81. The predicted octanol–water partition coefficient (Wildman–Crippen LogP) is 3.93. The van der Waals surface area contributed by atoms with Gasteiger partial charge in [0.2, 0.25) is 15.8 Å². The third-order valence-electron chi connectivity index (χ3n) is 5.13. The van der Waals surface area contributed by atoms with Crippen LogP contribution in [0, 0.1) is 18.6 Å². The van der Waals surface area contributed by atoms with E-state index in [1.165, 1.54) is 6.20 Å². The summed E-state index contributed by atoms with van der Waals surface area (Å²) in [4.78, 5) is 20.3. The van der Waals surface area contributed by atoms with E-state index in [0.717, 1.165) is 23.5 Å². The number of H-pyrrole nitrogens is 1. The van der Waals surface area contributed by atoms with Gasteiger partial charge in [0.05, 0.1) is 28.4 Å². The molecule has 0 fully saturated rings. The molecule has 0 atom stereocenters. The lowest BCUT2D eigenvalue weighted by Crippen LogP contribution is -2.18. The van der Waals surface area contributed by atoms with Gasteiger partial charge in [-0.25, -0.2) is 22.2 Å². The lowest BCUT2D eigenvalue weighted by Gasteiger charge is -2.11. The molecule has 0 aliphatic rings. The molecule has 11 heteroatoms. The maximum absolute atomic E-state index is 15.1. The largest absolute Gasteiger partial charge is 0.345 e. The molecule has 0 radical (unpaired) electrons. The van der Waals surface area contributed by atoms with Crippen LogP contribution in [0.3, 0.4) is 0 Å². The number of fused-ring (bicyclic) bond motifs is 1. The zero-order valence-corrected chi connectivity index (χ0v) is 18.9. The number of benzene rings is 1. The SMILES string of the molecule is CCCS(=O)(=O)Nc1ccc(F)c(C(=O)c2c[nH]c3ncc(-c4cc(C)nn4C)cc23)c1F. The Bertz CT molecular complexity index is 1490. The van der Waals surface area contributed by atoms with E-state index in [-0.39, 0.29) is 11.3 Å². The summed E-state index contributed by atoms with van der Waals surface area (Å²) in [6, 6.07) is 5.35. The summed E-state index contributed by atoms with van der Waals surface area (Å²) in [5, 5.41) is 4.66. The maximum atomic E-state index is 15.1. The van der Waals surface area contributed by atoms with Crippen molar-refractivity contribution in [1.82, 2.24) is 19.7 Å². The van der Waals surface area contributed by atoms with E-state index in [4.69, 9.17) is 0 Å². The van der Waals surface area contributed by atoms with Crippen molar-refractivity contribution >= 4 is 32.5 Å². The molecule has 33 heavy (non-hydrogen) atoms. The minimum atomic E-state index is -3.84. The van der Waals surface area contributed by atoms with E-state index < -0.39 is 38.7 Å². The van der Waals surface area contributed by atoms with Crippen LogP contribution in [0.1, 0.15) is 35.0 Å². The van der Waals surface area contributed by atoms with Crippen molar-refractivity contribution in [2.45, 2.75) is 20.3 Å².